The first-order chi connectivity index (χ1) is 13.7. The Morgan fingerprint density at radius 1 is 1.14 bits per heavy atom. The summed E-state index contributed by atoms with van der Waals surface area (Å²) in [5, 5.41) is 3.42. The highest BCUT2D eigenvalue weighted by molar-refractivity contribution is 14.0. The fourth-order valence-corrected chi connectivity index (χ4v) is 3.72. The summed E-state index contributed by atoms with van der Waals surface area (Å²) >= 11 is 3.50. The van der Waals surface area contributed by atoms with Gasteiger partial charge < -0.3 is 19.5 Å². The van der Waals surface area contributed by atoms with E-state index in [1.807, 2.05) is 47.3 Å². The third-order valence-electron chi connectivity index (χ3n) is 4.74. The molecule has 1 fully saturated rings. The van der Waals surface area contributed by atoms with Gasteiger partial charge in [0, 0.05) is 55.8 Å². The third kappa shape index (κ3) is 5.39. The highest BCUT2D eigenvalue weighted by Crippen LogP contribution is 2.14. The van der Waals surface area contributed by atoms with Crippen LogP contribution in [0, 0.1) is 0 Å². The minimum absolute atomic E-state index is 0. The first-order valence-corrected chi connectivity index (χ1v) is 10.3. The van der Waals surface area contributed by atoms with Crippen molar-refractivity contribution in [3.05, 3.63) is 59.1 Å². The van der Waals surface area contributed by atoms with Crippen LogP contribution in [0.5, 0.6) is 0 Å². The Hall–Kier alpha value is -1.88. The van der Waals surface area contributed by atoms with Gasteiger partial charge in [0.2, 0.25) is 0 Å². The molecule has 0 bridgehead atoms. The van der Waals surface area contributed by atoms with Crippen LogP contribution in [0.1, 0.15) is 12.6 Å². The molecular weight excluding hydrogens is 545 g/mol. The monoisotopic (exact) mass is 569 g/mol. The minimum atomic E-state index is 0. The Balaban J connectivity index is 0.00000240. The maximum absolute atomic E-state index is 4.83. The molecule has 154 valence electrons. The molecule has 29 heavy (non-hydrogen) atoms. The van der Waals surface area contributed by atoms with Crippen molar-refractivity contribution in [1.82, 2.24) is 24.6 Å². The van der Waals surface area contributed by atoms with E-state index < -0.39 is 0 Å². The summed E-state index contributed by atoms with van der Waals surface area (Å²) in [5.74, 6) is 1.99. The van der Waals surface area contributed by atoms with Gasteiger partial charge in [0.05, 0.1) is 12.2 Å². The van der Waals surface area contributed by atoms with Gasteiger partial charge in [0.25, 0.3) is 0 Å². The zero-order chi connectivity index (χ0) is 19.3. The lowest BCUT2D eigenvalue weighted by atomic mass is 10.3. The van der Waals surface area contributed by atoms with Crippen molar-refractivity contribution in [2.75, 3.05) is 37.6 Å². The third-order valence-corrected chi connectivity index (χ3v) is 5.21. The summed E-state index contributed by atoms with van der Waals surface area (Å²) in [6, 6.07) is 10.1. The number of rotatable bonds is 4. The summed E-state index contributed by atoms with van der Waals surface area (Å²) in [6.45, 7) is 7.20. The van der Waals surface area contributed by atoms with E-state index in [0.29, 0.717) is 6.54 Å². The van der Waals surface area contributed by atoms with Gasteiger partial charge in [-0.15, -0.1) is 24.0 Å². The number of piperazine rings is 1. The Morgan fingerprint density at radius 2 is 1.97 bits per heavy atom. The first kappa shape index (κ1) is 21.8. The van der Waals surface area contributed by atoms with Crippen LogP contribution in [0.3, 0.4) is 0 Å². The van der Waals surface area contributed by atoms with Crippen molar-refractivity contribution in [3.63, 3.8) is 0 Å². The van der Waals surface area contributed by atoms with Crippen molar-refractivity contribution in [3.8, 4) is 0 Å². The molecule has 4 rings (SSSR count). The highest BCUT2D eigenvalue weighted by Gasteiger charge is 2.20. The van der Waals surface area contributed by atoms with E-state index in [1.54, 1.807) is 0 Å². The van der Waals surface area contributed by atoms with Crippen molar-refractivity contribution in [1.29, 1.82) is 0 Å². The van der Waals surface area contributed by atoms with Crippen LogP contribution < -0.4 is 10.2 Å². The number of anilines is 1. The number of aromatic nitrogens is 3. The molecule has 0 spiro atoms. The van der Waals surface area contributed by atoms with Gasteiger partial charge in [0.15, 0.2) is 5.96 Å². The summed E-state index contributed by atoms with van der Waals surface area (Å²) in [6.07, 6.45) is 5.89. The SMILES string of the molecule is CCNC(=NCc1cn2cc(Br)ccc2n1)N1CCN(c2ccccn2)CC1.I. The molecule has 0 saturated carbocycles. The summed E-state index contributed by atoms with van der Waals surface area (Å²) in [5.41, 5.74) is 1.89. The van der Waals surface area contributed by atoms with E-state index in [4.69, 9.17) is 4.99 Å². The van der Waals surface area contributed by atoms with Crippen molar-refractivity contribution < 1.29 is 0 Å². The van der Waals surface area contributed by atoms with Crippen LogP contribution in [-0.4, -0.2) is 58.0 Å². The summed E-state index contributed by atoms with van der Waals surface area (Å²) < 4.78 is 3.06. The van der Waals surface area contributed by atoms with Crippen LogP contribution in [0.4, 0.5) is 5.82 Å². The second-order valence-corrected chi connectivity index (χ2v) is 7.59. The molecule has 1 aliphatic rings. The molecule has 9 heteroatoms. The smallest absolute Gasteiger partial charge is 0.194 e. The van der Waals surface area contributed by atoms with Crippen LogP contribution >= 0.6 is 39.9 Å². The van der Waals surface area contributed by atoms with Gasteiger partial charge in [-0.25, -0.2) is 15.0 Å². The van der Waals surface area contributed by atoms with E-state index in [2.05, 4.69) is 54.0 Å². The summed E-state index contributed by atoms with van der Waals surface area (Å²) in [7, 11) is 0. The number of imidazole rings is 1. The molecule has 0 unspecified atom stereocenters. The minimum Gasteiger partial charge on any atom is -0.357 e. The molecule has 3 aromatic heterocycles. The van der Waals surface area contributed by atoms with Crippen molar-refractivity contribution in [2.24, 2.45) is 4.99 Å². The molecule has 0 aliphatic carbocycles. The average Bonchev–Trinajstić information content (AvgIpc) is 3.14. The maximum Gasteiger partial charge on any atom is 0.194 e. The topological polar surface area (TPSA) is 61.1 Å². The van der Waals surface area contributed by atoms with Gasteiger partial charge in [-0.2, -0.15) is 0 Å². The Labute approximate surface area is 196 Å². The van der Waals surface area contributed by atoms with Gasteiger partial charge in [-0.05, 0) is 47.1 Å². The lowest BCUT2D eigenvalue weighted by Gasteiger charge is -2.37. The molecule has 1 aliphatic heterocycles. The number of aliphatic imine (C=N–C) groups is 1. The maximum atomic E-state index is 4.83. The number of hydrogen-bond acceptors (Lipinski definition) is 4. The summed E-state index contributed by atoms with van der Waals surface area (Å²) in [4.78, 5) is 18.6. The Kier molecular flexibility index (Phi) is 7.70. The highest BCUT2D eigenvalue weighted by atomic mass is 127. The molecule has 1 saturated heterocycles. The molecule has 4 heterocycles. The molecule has 0 atom stereocenters. The van der Waals surface area contributed by atoms with E-state index in [9.17, 15) is 0 Å². The van der Waals surface area contributed by atoms with E-state index in [0.717, 1.165) is 60.3 Å². The van der Waals surface area contributed by atoms with Crippen molar-refractivity contribution in [2.45, 2.75) is 13.5 Å². The predicted molar refractivity (Wildman–Crippen MR) is 131 cm³/mol. The molecule has 0 aromatic carbocycles. The quantitative estimate of drug-likeness (QED) is 0.296. The second kappa shape index (κ2) is 10.2. The van der Waals surface area contributed by atoms with Crippen LogP contribution in [0.2, 0.25) is 0 Å². The lowest BCUT2D eigenvalue weighted by molar-refractivity contribution is 0.371. The molecule has 3 aromatic rings. The largest absolute Gasteiger partial charge is 0.357 e. The normalized spacial score (nSPS) is 14.8. The first-order valence-electron chi connectivity index (χ1n) is 9.55. The molecule has 1 N–H and O–H groups in total. The molecule has 0 amide bonds. The van der Waals surface area contributed by atoms with Crippen LogP contribution in [0.15, 0.2) is 58.4 Å². The number of pyridine rings is 2. The fraction of sp³-hybridized carbons (Fsp3) is 0.350. The number of hydrogen-bond donors (Lipinski definition) is 1. The number of guanidine groups is 1. The van der Waals surface area contributed by atoms with E-state index >= 15 is 0 Å². The second-order valence-electron chi connectivity index (χ2n) is 6.68. The Bertz CT molecular complexity index is 952. The number of nitrogens with one attached hydrogen (secondary N) is 1. The van der Waals surface area contributed by atoms with Gasteiger partial charge in [0.1, 0.15) is 11.5 Å². The zero-order valence-electron chi connectivity index (χ0n) is 16.3. The standard InChI is InChI=1S/C20H24BrN7.HI/c1-2-22-20(24-13-17-15-28-14-16(21)6-7-19(28)25-17)27-11-9-26(10-12-27)18-5-3-4-8-23-18;/h3-8,14-15H,2,9-13H2,1H3,(H,22,24);1H. The predicted octanol–water partition coefficient (Wildman–Crippen LogP) is 3.40. The van der Waals surface area contributed by atoms with Crippen LogP contribution in [-0.2, 0) is 6.54 Å². The van der Waals surface area contributed by atoms with Crippen molar-refractivity contribution >= 4 is 57.3 Å². The lowest BCUT2D eigenvalue weighted by Crippen LogP contribution is -2.52. The molecule has 0 radical (unpaired) electrons. The number of fused-ring (bicyclic) bond motifs is 1. The zero-order valence-corrected chi connectivity index (χ0v) is 20.2. The Morgan fingerprint density at radius 3 is 2.69 bits per heavy atom. The number of halogens is 2. The fourth-order valence-electron chi connectivity index (χ4n) is 3.36. The van der Waals surface area contributed by atoms with E-state index in [1.165, 1.54) is 0 Å². The molecule has 7 nitrogen and oxygen atoms in total. The number of nitrogens with zero attached hydrogens (tertiary/aromatic N) is 6. The van der Waals surface area contributed by atoms with E-state index in [-0.39, 0.29) is 24.0 Å². The van der Waals surface area contributed by atoms with Crippen LogP contribution in [0.25, 0.3) is 5.65 Å². The van der Waals surface area contributed by atoms with Gasteiger partial charge >= 0.3 is 0 Å². The van der Waals surface area contributed by atoms with Gasteiger partial charge in [-0.1, -0.05) is 6.07 Å². The average molecular weight is 570 g/mol. The molecular formula is C20H25BrIN7. The van der Waals surface area contributed by atoms with Gasteiger partial charge in [-0.3, -0.25) is 0 Å².